The average molecular weight is 362 g/mol. The zero-order valence-corrected chi connectivity index (χ0v) is 15.1. The molecular formula is C17H19FN4O2S. The fourth-order valence-corrected chi connectivity index (χ4v) is 5.57. The van der Waals surface area contributed by atoms with Crippen molar-refractivity contribution in [3.8, 4) is 11.4 Å². The van der Waals surface area contributed by atoms with Gasteiger partial charge in [-0.25, -0.2) is 17.8 Å². The van der Waals surface area contributed by atoms with Crippen LogP contribution in [0.3, 0.4) is 0 Å². The number of hydrogen-bond donors (Lipinski definition) is 1. The van der Waals surface area contributed by atoms with E-state index in [0.717, 1.165) is 6.42 Å². The Hall–Kier alpha value is -2.22. The molecule has 6 nitrogen and oxygen atoms in total. The quantitative estimate of drug-likeness (QED) is 0.777. The van der Waals surface area contributed by atoms with E-state index in [0.29, 0.717) is 28.8 Å². The average Bonchev–Trinajstić information content (AvgIpc) is 3.13. The van der Waals surface area contributed by atoms with Crippen molar-refractivity contribution in [2.24, 2.45) is 13.0 Å². The molecule has 1 unspecified atom stereocenters. The van der Waals surface area contributed by atoms with Crippen molar-refractivity contribution in [2.45, 2.75) is 37.0 Å². The fraction of sp³-hybridized carbons (Fsp3) is 0.412. The van der Waals surface area contributed by atoms with Crippen LogP contribution in [0.5, 0.6) is 0 Å². The summed E-state index contributed by atoms with van der Waals surface area (Å²) < 4.78 is 41.7. The molecule has 0 aliphatic heterocycles. The molecule has 1 aliphatic rings. The van der Waals surface area contributed by atoms with Crippen molar-refractivity contribution in [3.05, 3.63) is 29.8 Å². The number of nitrogens with zero attached hydrogens (tertiary/aromatic N) is 3. The number of aryl methyl sites for hydroxylation is 2. The van der Waals surface area contributed by atoms with Crippen LogP contribution in [0.1, 0.15) is 25.3 Å². The van der Waals surface area contributed by atoms with Crippen LogP contribution < -0.4 is 0 Å². The molecule has 4 rings (SSSR count). The maximum atomic E-state index is 14.5. The second-order valence-corrected chi connectivity index (χ2v) is 8.99. The third-order valence-corrected chi connectivity index (χ3v) is 7.44. The van der Waals surface area contributed by atoms with Crippen LogP contribution in [0.4, 0.5) is 4.39 Å². The van der Waals surface area contributed by atoms with Crippen LogP contribution in [0.25, 0.3) is 22.3 Å². The number of aromatic nitrogens is 4. The van der Waals surface area contributed by atoms with Gasteiger partial charge < -0.3 is 4.98 Å². The highest BCUT2D eigenvalue weighted by Crippen LogP contribution is 2.39. The minimum absolute atomic E-state index is 0.0701. The molecule has 3 aromatic rings. The number of fused-ring (bicyclic) bond motifs is 1. The lowest BCUT2D eigenvalue weighted by atomic mass is 9.87. The normalized spacial score (nSPS) is 20.8. The molecule has 1 fully saturated rings. The summed E-state index contributed by atoms with van der Waals surface area (Å²) in [6.45, 7) is 3.70. The van der Waals surface area contributed by atoms with Crippen molar-refractivity contribution in [2.75, 3.05) is 0 Å². The Labute approximate surface area is 145 Å². The van der Waals surface area contributed by atoms with E-state index >= 15 is 0 Å². The summed E-state index contributed by atoms with van der Waals surface area (Å²) in [6.07, 6.45) is 3.11. The van der Waals surface area contributed by atoms with Crippen LogP contribution in [0, 0.1) is 18.7 Å². The van der Waals surface area contributed by atoms with E-state index in [4.69, 9.17) is 0 Å². The molecule has 0 amide bonds. The van der Waals surface area contributed by atoms with E-state index in [9.17, 15) is 12.8 Å². The van der Waals surface area contributed by atoms with Crippen LogP contribution in [-0.4, -0.2) is 33.4 Å². The number of H-pyrrole nitrogens is 1. The van der Waals surface area contributed by atoms with Gasteiger partial charge in [0, 0.05) is 18.0 Å². The van der Waals surface area contributed by atoms with Crippen LogP contribution in [-0.2, 0) is 16.9 Å². The minimum Gasteiger partial charge on any atom is -0.343 e. The Kier molecular flexibility index (Phi) is 3.50. The molecule has 1 N–H and O–H groups in total. The number of aromatic amines is 1. The van der Waals surface area contributed by atoms with Gasteiger partial charge in [0.05, 0.1) is 10.8 Å². The van der Waals surface area contributed by atoms with E-state index in [1.165, 1.54) is 12.1 Å². The summed E-state index contributed by atoms with van der Waals surface area (Å²) in [4.78, 5) is 7.03. The number of nitrogens with one attached hydrogen (secondary N) is 1. The van der Waals surface area contributed by atoms with Crippen molar-refractivity contribution >= 4 is 20.7 Å². The first-order valence-electron chi connectivity index (χ1n) is 8.20. The van der Waals surface area contributed by atoms with Gasteiger partial charge in [-0.15, -0.1) is 0 Å². The molecule has 2 aromatic heterocycles. The molecule has 0 radical (unpaired) electrons. The number of benzene rings is 1. The maximum absolute atomic E-state index is 14.5. The molecule has 1 saturated carbocycles. The number of sulfone groups is 1. The van der Waals surface area contributed by atoms with Gasteiger partial charge in [0.1, 0.15) is 17.2 Å². The topological polar surface area (TPSA) is 80.6 Å². The highest BCUT2D eigenvalue weighted by atomic mass is 32.2. The largest absolute Gasteiger partial charge is 0.343 e. The molecule has 2 heterocycles. The maximum Gasteiger partial charge on any atom is 0.196 e. The monoisotopic (exact) mass is 362 g/mol. The highest BCUT2D eigenvalue weighted by Gasteiger charge is 2.40. The van der Waals surface area contributed by atoms with E-state index in [-0.39, 0.29) is 16.5 Å². The molecule has 2 atom stereocenters. The summed E-state index contributed by atoms with van der Waals surface area (Å²) in [5.74, 6) is 0.0974. The summed E-state index contributed by atoms with van der Waals surface area (Å²) >= 11 is 0. The second-order valence-electron chi connectivity index (χ2n) is 6.85. The fourth-order valence-electron chi connectivity index (χ4n) is 3.53. The van der Waals surface area contributed by atoms with Crippen LogP contribution >= 0.6 is 0 Å². The van der Waals surface area contributed by atoms with Gasteiger partial charge in [-0.1, -0.05) is 6.92 Å². The summed E-state index contributed by atoms with van der Waals surface area (Å²) in [6, 6.07) is 2.91. The molecule has 0 saturated heterocycles. The van der Waals surface area contributed by atoms with E-state index in [1.807, 2.05) is 6.92 Å². The summed E-state index contributed by atoms with van der Waals surface area (Å²) in [7, 11) is -1.76. The van der Waals surface area contributed by atoms with Gasteiger partial charge >= 0.3 is 0 Å². The Balaban J connectivity index is 1.95. The minimum atomic E-state index is -3.50. The molecule has 8 heteroatoms. The Morgan fingerprint density at radius 2 is 2.08 bits per heavy atom. The Morgan fingerprint density at radius 3 is 2.64 bits per heavy atom. The third-order valence-electron chi connectivity index (χ3n) is 5.11. The molecule has 1 aromatic carbocycles. The Morgan fingerprint density at radius 1 is 1.32 bits per heavy atom. The lowest BCUT2D eigenvalue weighted by Gasteiger charge is -2.32. The zero-order chi connectivity index (χ0) is 17.9. The van der Waals surface area contributed by atoms with Gasteiger partial charge in [-0.3, -0.25) is 4.68 Å². The summed E-state index contributed by atoms with van der Waals surface area (Å²) in [5, 5.41) is 4.45. The SMILES string of the molecule is Cc1cc(F)c2[nH]c(S(=O)(=O)C3CC[C@@H]3C)cc2c1-c1ncn(C)n1. The van der Waals surface area contributed by atoms with Gasteiger partial charge in [-0.05, 0) is 43.4 Å². The predicted molar refractivity (Wildman–Crippen MR) is 92.4 cm³/mol. The number of rotatable bonds is 3. The highest BCUT2D eigenvalue weighted by molar-refractivity contribution is 7.92. The van der Waals surface area contributed by atoms with Gasteiger partial charge in [0.15, 0.2) is 15.7 Å². The Bertz CT molecular complexity index is 1080. The van der Waals surface area contributed by atoms with Crippen LogP contribution in [0.2, 0.25) is 0 Å². The number of hydrogen-bond acceptors (Lipinski definition) is 4. The zero-order valence-electron chi connectivity index (χ0n) is 14.2. The van der Waals surface area contributed by atoms with E-state index < -0.39 is 20.9 Å². The first kappa shape index (κ1) is 16.3. The van der Waals surface area contributed by atoms with Crippen molar-refractivity contribution in [1.82, 2.24) is 19.7 Å². The molecule has 25 heavy (non-hydrogen) atoms. The van der Waals surface area contributed by atoms with Gasteiger partial charge in [0.25, 0.3) is 0 Å². The van der Waals surface area contributed by atoms with Gasteiger partial charge in [0.2, 0.25) is 0 Å². The van der Waals surface area contributed by atoms with Crippen molar-refractivity contribution in [3.63, 3.8) is 0 Å². The standard InChI is InChI=1S/C17H19FN4O2S/c1-9-4-5-13(9)25(23,24)14-7-11-15(17-19-8-22(3)21-17)10(2)6-12(18)16(11)20-14/h6-9,13,20H,4-5H2,1-3H3/t9-,13?/m0/s1. The lowest BCUT2D eigenvalue weighted by molar-refractivity contribution is 0.344. The first-order chi connectivity index (χ1) is 11.8. The smallest absolute Gasteiger partial charge is 0.196 e. The van der Waals surface area contributed by atoms with Crippen molar-refractivity contribution in [1.29, 1.82) is 0 Å². The predicted octanol–water partition coefficient (Wildman–Crippen LogP) is 2.98. The molecule has 0 bridgehead atoms. The second kappa shape index (κ2) is 5.39. The number of halogens is 1. The molecule has 132 valence electrons. The van der Waals surface area contributed by atoms with Gasteiger partial charge in [-0.2, -0.15) is 5.10 Å². The molecule has 0 spiro atoms. The lowest BCUT2D eigenvalue weighted by Crippen LogP contribution is -2.37. The molecular weight excluding hydrogens is 343 g/mol. The first-order valence-corrected chi connectivity index (χ1v) is 9.75. The van der Waals surface area contributed by atoms with Crippen LogP contribution in [0.15, 0.2) is 23.5 Å². The summed E-state index contributed by atoms with van der Waals surface area (Å²) in [5.41, 5.74) is 1.49. The van der Waals surface area contributed by atoms with Crippen molar-refractivity contribution < 1.29 is 12.8 Å². The van der Waals surface area contributed by atoms with E-state index in [1.54, 1.807) is 25.0 Å². The third kappa shape index (κ3) is 2.38. The van der Waals surface area contributed by atoms with E-state index in [2.05, 4.69) is 15.1 Å². The molecule has 1 aliphatic carbocycles.